The first-order valence-corrected chi connectivity index (χ1v) is 7.91. The summed E-state index contributed by atoms with van der Waals surface area (Å²) < 4.78 is 0. The standard InChI is InChI=1S/C16H16ClN5O2.ClH/c17-11-1-3-12(4-2-11)21-15(23)13-14(20-6-5-19-13)16(24)22-9-7-18-8-10-22;/h1-6,18H,7-10H2,(H,21,23);1H. The average Bonchev–Trinajstić information content (AvgIpc) is 2.63. The lowest BCUT2D eigenvalue weighted by atomic mass is 10.2. The van der Waals surface area contributed by atoms with E-state index in [9.17, 15) is 9.59 Å². The Morgan fingerprint density at radius 3 is 2.28 bits per heavy atom. The second-order valence-corrected chi connectivity index (χ2v) is 5.69. The molecule has 3 rings (SSSR count). The first kappa shape index (κ1) is 19.1. The molecule has 1 fully saturated rings. The number of carbonyl (C=O) groups excluding carboxylic acids is 2. The molecule has 1 aliphatic heterocycles. The molecule has 2 aromatic rings. The van der Waals surface area contributed by atoms with Crippen LogP contribution in [0.1, 0.15) is 21.0 Å². The molecule has 1 aromatic carbocycles. The number of halogens is 2. The van der Waals surface area contributed by atoms with Crippen LogP contribution in [0, 0.1) is 0 Å². The van der Waals surface area contributed by atoms with Crippen LogP contribution in [0.4, 0.5) is 5.69 Å². The molecule has 0 aliphatic carbocycles. The molecule has 0 bridgehead atoms. The lowest BCUT2D eigenvalue weighted by molar-refractivity contribution is 0.0724. The number of hydrogen-bond acceptors (Lipinski definition) is 5. The highest BCUT2D eigenvalue weighted by atomic mass is 35.5. The van der Waals surface area contributed by atoms with Crippen molar-refractivity contribution < 1.29 is 9.59 Å². The summed E-state index contributed by atoms with van der Waals surface area (Å²) in [6.07, 6.45) is 2.81. The Kier molecular flexibility index (Phi) is 6.69. The summed E-state index contributed by atoms with van der Waals surface area (Å²) in [4.78, 5) is 34.9. The van der Waals surface area contributed by atoms with Crippen LogP contribution in [-0.2, 0) is 0 Å². The number of benzene rings is 1. The van der Waals surface area contributed by atoms with Crippen molar-refractivity contribution in [3.05, 3.63) is 53.1 Å². The Hall–Kier alpha value is -2.22. The fourth-order valence-electron chi connectivity index (χ4n) is 2.40. The molecule has 1 aromatic heterocycles. The quantitative estimate of drug-likeness (QED) is 0.846. The maximum atomic E-state index is 12.6. The van der Waals surface area contributed by atoms with Crippen molar-refractivity contribution in [3.8, 4) is 0 Å². The van der Waals surface area contributed by atoms with Crippen molar-refractivity contribution in [1.82, 2.24) is 20.2 Å². The molecular formula is C16H17Cl2N5O2. The maximum Gasteiger partial charge on any atom is 0.276 e. The molecule has 0 saturated carbocycles. The zero-order chi connectivity index (χ0) is 16.9. The van der Waals surface area contributed by atoms with Crippen molar-refractivity contribution in [2.75, 3.05) is 31.5 Å². The van der Waals surface area contributed by atoms with E-state index in [1.165, 1.54) is 12.4 Å². The van der Waals surface area contributed by atoms with Gasteiger partial charge in [0.05, 0.1) is 0 Å². The molecule has 0 unspecified atom stereocenters. The summed E-state index contributed by atoms with van der Waals surface area (Å²) in [5.74, 6) is -0.769. The lowest BCUT2D eigenvalue weighted by Crippen LogP contribution is -2.47. The summed E-state index contributed by atoms with van der Waals surface area (Å²) in [6.45, 7) is 2.60. The van der Waals surface area contributed by atoms with E-state index in [2.05, 4.69) is 20.6 Å². The number of piperazine rings is 1. The van der Waals surface area contributed by atoms with Crippen molar-refractivity contribution in [2.24, 2.45) is 0 Å². The van der Waals surface area contributed by atoms with Gasteiger partial charge in [-0.15, -0.1) is 12.4 Å². The Morgan fingerprint density at radius 2 is 1.64 bits per heavy atom. The van der Waals surface area contributed by atoms with E-state index in [0.717, 1.165) is 13.1 Å². The van der Waals surface area contributed by atoms with Crippen LogP contribution in [-0.4, -0.2) is 52.9 Å². The second kappa shape index (κ2) is 8.75. The largest absolute Gasteiger partial charge is 0.335 e. The molecule has 1 saturated heterocycles. The number of anilines is 1. The first-order valence-electron chi connectivity index (χ1n) is 7.53. The van der Waals surface area contributed by atoms with Crippen molar-refractivity contribution >= 4 is 41.5 Å². The van der Waals surface area contributed by atoms with E-state index in [0.29, 0.717) is 23.8 Å². The van der Waals surface area contributed by atoms with Crippen LogP contribution in [0.5, 0.6) is 0 Å². The molecule has 2 amide bonds. The maximum absolute atomic E-state index is 12.6. The fourth-order valence-corrected chi connectivity index (χ4v) is 2.53. The van der Waals surface area contributed by atoms with E-state index in [1.54, 1.807) is 29.2 Å². The van der Waals surface area contributed by atoms with Gasteiger partial charge in [0.25, 0.3) is 11.8 Å². The van der Waals surface area contributed by atoms with Gasteiger partial charge in [-0.3, -0.25) is 9.59 Å². The molecule has 7 nitrogen and oxygen atoms in total. The minimum Gasteiger partial charge on any atom is -0.335 e. The van der Waals surface area contributed by atoms with E-state index in [-0.39, 0.29) is 29.7 Å². The summed E-state index contributed by atoms with van der Waals surface area (Å²) in [5, 5.41) is 6.45. The van der Waals surface area contributed by atoms with Gasteiger partial charge in [0.15, 0.2) is 11.4 Å². The minimum atomic E-state index is -0.482. The van der Waals surface area contributed by atoms with Gasteiger partial charge in [0, 0.05) is 49.3 Å². The summed E-state index contributed by atoms with van der Waals surface area (Å²) in [6, 6.07) is 6.68. The average molecular weight is 382 g/mol. The van der Waals surface area contributed by atoms with Gasteiger partial charge in [-0.2, -0.15) is 0 Å². The molecular weight excluding hydrogens is 365 g/mol. The predicted octanol–water partition coefficient (Wildman–Crippen LogP) is 1.85. The molecule has 1 aliphatic rings. The van der Waals surface area contributed by atoms with Crippen LogP contribution >= 0.6 is 24.0 Å². The van der Waals surface area contributed by atoms with Gasteiger partial charge in [-0.1, -0.05) is 11.6 Å². The highest BCUT2D eigenvalue weighted by Crippen LogP contribution is 2.15. The number of rotatable bonds is 3. The zero-order valence-corrected chi connectivity index (χ0v) is 14.8. The molecule has 0 atom stereocenters. The molecule has 9 heteroatoms. The first-order chi connectivity index (χ1) is 11.6. The Balaban J connectivity index is 0.00000225. The van der Waals surface area contributed by atoms with E-state index >= 15 is 0 Å². The van der Waals surface area contributed by atoms with Crippen LogP contribution in [0.3, 0.4) is 0 Å². The van der Waals surface area contributed by atoms with Gasteiger partial charge in [-0.05, 0) is 24.3 Å². The molecule has 0 radical (unpaired) electrons. The fraction of sp³-hybridized carbons (Fsp3) is 0.250. The number of aromatic nitrogens is 2. The number of nitrogens with zero attached hydrogens (tertiary/aromatic N) is 3. The zero-order valence-electron chi connectivity index (χ0n) is 13.2. The number of hydrogen-bond donors (Lipinski definition) is 2. The summed E-state index contributed by atoms with van der Waals surface area (Å²) in [5.41, 5.74) is 0.637. The molecule has 2 heterocycles. The summed E-state index contributed by atoms with van der Waals surface area (Å²) >= 11 is 5.83. The number of amides is 2. The monoisotopic (exact) mass is 381 g/mol. The van der Waals surface area contributed by atoms with Crippen molar-refractivity contribution in [3.63, 3.8) is 0 Å². The third-order valence-electron chi connectivity index (χ3n) is 3.62. The SMILES string of the molecule is Cl.O=C(Nc1ccc(Cl)cc1)c1nccnc1C(=O)N1CCNCC1. The third-order valence-corrected chi connectivity index (χ3v) is 3.87. The number of nitrogens with one attached hydrogen (secondary N) is 2. The Labute approximate surface area is 156 Å². The van der Waals surface area contributed by atoms with Gasteiger partial charge in [-0.25, -0.2) is 9.97 Å². The van der Waals surface area contributed by atoms with Crippen LogP contribution < -0.4 is 10.6 Å². The van der Waals surface area contributed by atoms with E-state index in [4.69, 9.17) is 11.6 Å². The van der Waals surface area contributed by atoms with Crippen molar-refractivity contribution in [2.45, 2.75) is 0 Å². The molecule has 25 heavy (non-hydrogen) atoms. The van der Waals surface area contributed by atoms with Gasteiger partial charge in [0.2, 0.25) is 0 Å². The van der Waals surface area contributed by atoms with Gasteiger partial charge in [0.1, 0.15) is 0 Å². The normalized spacial score (nSPS) is 13.7. The Bertz CT molecular complexity index is 748. The highest BCUT2D eigenvalue weighted by Gasteiger charge is 2.25. The van der Waals surface area contributed by atoms with Crippen LogP contribution in [0.15, 0.2) is 36.7 Å². The van der Waals surface area contributed by atoms with Gasteiger partial charge >= 0.3 is 0 Å². The third kappa shape index (κ3) is 4.66. The lowest BCUT2D eigenvalue weighted by Gasteiger charge is -2.27. The van der Waals surface area contributed by atoms with Crippen LogP contribution in [0.2, 0.25) is 5.02 Å². The molecule has 2 N–H and O–H groups in total. The highest BCUT2D eigenvalue weighted by molar-refractivity contribution is 6.30. The Morgan fingerprint density at radius 1 is 1.04 bits per heavy atom. The smallest absolute Gasteiger partial charge is 0.276 e. The second-order valence-electron chi connectivity index (χ2n) is 5.26. The van der Waals surface area contributed by atoms with E-state index < -0.39 is 5.91 Å². The van der Waals surface area contributed by atoms with E-state index in [1.807, 2.05) is 0 Å². The minimum absolute atomic E-state index is 0. The topological polar surface area (TPSA) is 87.2 Å². The van der Waals surface area contributed by atoms with Crippen LogP contribution in [0.25, 0.3) is 0 Å². The number of carbonyl (C=O) groups is 2. The molecule has 132 valence electrons. The molecule has 0 spiro atoms. The summed E-state index contributed by atoms with van der Waals surface area (Å²) in [7, 11) is 0. The van der Waals surface area contributed by atoms with Crippen molar-refractivity contribution in [1.29, 1.82) is 0 Å². The van der Waals surface area contributed by atoms with Gasteiger partial charge < -0.3 is 15.5 Å². The predicted molar refractivity (Wildman–Crippen MR) is 97.5 cm³/mol.